The van der Waals surface area contributed by atoms with Gasteiger partial charge in [-0.05, 0) is 53.2 Å². The summed E-state index contributed by atoms with van der Waals surface area (Å²) in [4.78, 5) is 2.47. The topological polar surface area (TPSA) is 35.5 Å². The van der Waals surface area contributed by atoms with Crippen LogP contribution in [0.1, 0.15) is 39.0 Å². The molecule has 0 heterocycles. The van der Waals surface area contributed by atoms with Crippen molar-refractivity contribution in [2.45, 2.75) is 50.6 Å². The highest BCUT2D eigenvalue weighted by molar-refractivity contribution is 4.82. The molecule has 1 aliphatic carbocycles. The van der Waals surface area contributed by atoms with Crippen molar-refractivity contribution in [1.82, 2.24) is 10.2 Å². The summed E-state index contributed by atoms with van der Waals surface area (Å²) in [5.74, 6) is 0. The summed E-state index contributed by atoms with van der Waals surface area (Å²) in [5, 5.41) is 12.4. The number of hydrogen-bond acceptors (Lipinski definition) is 3. The average molecular weight is 214 g/mol. The van der Waals surface area contributed by atoms with Crippen molar-refractivity contribution in [2.24, 2.45) is 0 Å². The number of nitrogens with zero attached hydrogens (tertiary/aromatic N) is 1. The van der Waals surface area contributed by atoms with Crippen LogP contribution in [0.3, 0.4) is 0 Å². The Balaban J connectivity index is 2.13. The van der Waals surface area contributed by atoms with E-state index in [2.05, 4.69) is 24.2 Å². The normalized spacial score (nSPS) is 21.4. The van der Waals surface area contributed by atoms with Crippen LogP contribution in [0.4, 0.5) is 0 Å². The SMILES string of the molecule is CNC(C)(CO)CCCN(C)C1CCC1. The van der Waals surface area contributed by atoms with E-state index < -0.39 is 0 Å². The maximum absolute atomic E-state index is 9.24. The number of aliphatic hydroxyl groups is 1. The van der Waals surface area contributed by atoms with Crippen molar-refractivity contribution >= 4 is 0 Å². The molecular formula is C12H26N2O. The van der Waals surface area contributed by atoms with E-state index in [1.165, 1.54) is 19.3 Å². The first-order chi connectivity index (χ1) is 7.11. The van der Waals surface area contributed by atoms with Crippen LogP contribution in [0.25, 0.3) is 0 Å². The molecule has 0 aromatic heterocycles. The molecule has 3 heteroatoms. The van der Waals surface area contributed by atoms with Crippen molar-refractivity contribution in [1.29, 1.82) is 0 Å². The van der Waals surface area contributed by atoms with Crippen molar-refractivity contribution < 1.29 is 5.11 Å². The Labute approximate surface area is 93.9 Å². The molecule has 15 heavy (non-hydrogen) atoms. The number of rotatable bonds is 7. The number of hydrogen-bond donors (Lipinski definition) is 2. The highest BCUT2D eigenvalue weighted by Crippen LogP contribution is 2.24. The fraction of sp³-hybridized carbons (Fsp3) is 1.00. The largest absolute Gasteiger partial charge is 0.394 e. The smallest absolute Gasteiger partial charge is 0.0610 e. The predicted molar refractivity (Wildman–Crippen MR) is 64.1 cm³/mol. The van der Waals surface area contributed by atoms with Crippen LogP contribution >= 0.6 is 0 Å². The maximum Gasteiger partial charge on any atom is 0.0610 e. The van der Waals surface area contributed by atoms with E-state index in [1.54, 1.807) is 0 Å². The van der Waals surface area contributed by atoms with Gasteiger partial charge in [0.2, 0.25) is 0 Å². The molecule has 2 N–H and O–H groups in total. The predicted octanol–water partition coefficient (Wildman–Crippen LogP) is 1.22. The van der Waals surface area contributed by atoms with Crippen LogP contribution in [-0.2, 0) is 0 Å². The Kier molecular flexibility index (Phi) is 5.03. The Hall–Kier alpha value is -0.120. The molecule has 90 valence electrons. The monoisotopic (exact) mass is 214 g/mol. The van der Waals surface area contributed by atoms with Gasteiger partial charge in [0, 0.05) is 11.6 Å². The van der Waals surface area contributed by atoms with Gasteiger partial charge < -0.3 is 15.3 Å². The van der Waals surface area contributed by atoms with E-state index >= 15 is 0 Å². The molecular weight excluding hydrogens is 188 g/mol. The van der Waals surface area contributed by atoms with Gasteiger partial charge in [-0.15, -0.1) is 0 Å². The third-order valence-electron chi connectivity index (χ3n) is 3.89. The van der Waals surface area contributed by atoms with Gasteiger partial charge in [-0.3, -0.25) is 0 Å². The standard InChI is InChI=1S/C12H26N2O/c1-12(10-15,13-2)8-5-9-14(3)11-6-4-7-11/h11,13,15H,4-10H2,1-3H3. The summed E-state index contributed by atoms with van der Waals surface area (Å²) in [6.45, 7) is 3.45. The first-order valence-corrected chi connectivity index (χ1v) is 6.11. The zero-order valence-electron chi connectivity index (χ0n) is 10.4. The molecule has 0 aromatic rings. The Morgan fingerprint density at radius 1 is 1.47 bits per heavy atom. The zero-order valence-corrected chi connectivity index (χ0v) is 10.4. The van der Waals surface area contributed by atoms with Crippen molar-refractivity contribution in [3.63, 3.8) is 0 Å². The molecule has 0 radical (unpaired) electrons. The molecule has 1 aliphatic rings. The lowest BCUT2D eigenvalue weighted by Crippen LogP contribution is -2.44. The lowest BCUT2D eigenvalue weighted by Gasteiger charge is -2.35. The van der Waals surface area contributed by atoms with Gasteiger partial charge >= 0.3 is 0 Å². The minimum atomic E-state index is -0.0968. The van der Waals surface area contributed by atoms with E-state index in [9.17, 15) is 5.11 Å². The highest BCUT2D eigenvalue weighted by Gasteiger charge is 2.23. The third-order valence-corrected chi connectivity index (χ3v) is 3.89. The number of nitrogens with one attached hydrogen (secondary N) is 1. The summed E-state index contributed by atoms with van der Waals surface area (Å²) in [7, 11) is 4.14. The van der Waals surface area contributed by atoms with Gasteiger partial charge in [-0.1, -0.05) is 6.42 Å². The molecule has 0 amide bonds. The van der Waals surface area contributed by atoms with Crippen LogP contribution in [0.15, 0.2) is 0 Å². The van der Waals surface area contributed by atoms with E-state index in [0.717, 1.165) is 25.4 Å². The Morgan fingerprint density at radius 3 is 2.53 bits per heavy atom. The quantitative estimate of drug-likeness (QED) is 0.669. The summed E-state index contributed by atoms with van der Waals surface area (Å²) in [6, 6.07) is 0.833. The van der Waals surface area contributed by atoms with Gasteiger partial charge in [-0.25, -0.2) is 0 Å². The molecule has 3 nitrogen and oxygen atoms in total. The Bertz CT molecular complexity index is 176. The maximum atomic E-state index is 9.24. The summed E-state index contributed by atoms with van der Waals surface area (Å²) in [5.41, 5.74) is -0.0968. The molecule has 1 fully saturated rings. The van der Waals surface area contributed by atoms with E-state index in [0.29, 0.717) is 0 Å². The van der Waals surface area contributed by atoms with Gasteiger partial charge in [0.05, 0.1) is 6.61 Å². The molecule has 1 unspecified atom stereocenters. The number of likely N-dealkylation sites (N-methyl/N-ethyl adjacent to an activating group) is 1. The fourth-order valence-electron chi connectivity index (χ4n) is 2.01. The fourth-order valence-corrected chi connectivity index (χ4v) is 2.01. The van der Waals surface area contributed by atoms with Crippen molar-refractivity contribution in [3.8, 4) is 0 Å². The lowest BCUT2D eigenvalue weighted by atomic mass is 9.91. The molecule has 0 saturated heterocycles. The van der Waals surface area contributed by atoms with Crippen LogP contribution in [0.5, 0.6) is 0 Å². The molecule has 0 bridgehead atoms. The van der Waals surface area contributed by atoms with Crippen molar-refractivity contribution in [2.75, 3.05) is 27.2 Å². The van der Waals surface area contributed by atoms with E-state index in [4.69, 9.17) is 0 Å². The van der Waals surface area contributed by atoms with Crippen LogP contribution in [-0.4, -0.2) is 48.8 Å². The van der Waals surface area contributed by atoms with Crippen LogP contribution < -0.4 is 5.32 Å². The molecule has 1 saturated carbocycles. The first kappa shape index (κ1) is 12.9. The van der Waals surface area contributed by atoms with Crippen molar-refractivity contribution in [3.05, 3.63) is 0 Å². The van der Waals surface area contributed by atoms with Gasteiger partial charge in [0.25, 0.3) is 0 Å². The summed E-state index contributed by atoms with van der Waals surface area (Å²) in [6.07, 6.45) is 6.35. The van der Waals surface area contributed by atoms with E-state index in [-0.39, 0.29) is 12.1 Å². The molecule has 1 atom stereocenters. The number of aliphatic hydroxyl groups excluding tert-OH is 1. The third kappa shape index (κ3) is 3.74. The van der Waals surface area contributed by atoms with Gasteiger partial charge in [0.15, 0.2) is 0 Å². The van der Waals surface area contributed by atoms with E-state index in [1.807, 2.05) is 7.05 Å². The molecule has 0 spiro atoms. The molecule has 1 rings (SSSR count). The lowest BCUT2D eigenvalue weighted by molar-refractivity contribution is 0.138. The van der Waals surface area contributed by atoms with Crippen LogP contribution in [0, 0.1) is 0 Å². The summed E-state index contributed by atoms with van der Waals surface area (Å²) >= 11 is 0. The highest BCUT2D eigenvalue weighted by atomic mass is 16.3. The minimum Gasteiger partial charge on any atom is -0.394 e. The average Bonchev–Trinajstić information content (AvgIpc) is 2.15. The molecule has 0 aliphatic heterocycles. The second-order valence-corrected chi connectivity index (χ2v) is 5.14. The van der Waals surface area contributed by atoms with Gasteiger partial charge in [0.1, 0.15) is 0 Å². The molecule has 0 aromatic carbocycles. The zero-order chi connectivity index (χ0) is 11.3. The Morgan fingerprint density at radius 2 is 2.13 bits per heavy atom. The first-order valence-electron chi connectivity index (χ1n) is 6.11. The second-order valence-electron chi connectivity index (χ2n) is 5.14. The van der Waals surface area contributed by atoms with Crippen LogP contribution in [0.2, 0.25) is 0 Å². The summed E-state index contributed by atoms with van der Waals surface area (Å²) < 4.78 is 0. The minimum absolute atomic E-state index is 0.0968. The van der Waals surface area contributed by atoms with Gasteiger partial charge in [-0.2, -0.15) is 0 Å². The second kappa shape index (κ2) is 5.83.